The molecule has 5 heteroatoms. The summed E-state index contributed by atoms with van der Waals surface area (Å²) in [5.41, 5.74) is 4.80. The highest BCUT2D eigenvalue weighted by Gasteiger charge is 2.19. The van der Waals surface area contributed by atoms with E-state index in [0.717, 1.165) is 34.8 Å². The van der Waals surface area contributed by atoms with Crippen molar-refractivity contribution in [2.75, 3.05) is 14.2 Å². The number of methoxy groups -OCH3 is 2. The predicted octanol–water partition coefficient (Wildman–Crippen LogP) is 2.41. The minimum Gasteiger partial charge on any atom is -0.497 e. The number of hydrazine groups is 1. The van der Waals surface area contributed by atoms with E-state index in [9.17, 15) is 0 Å². The summed E-state index contributed by atoms with van der Waals surface area (Å²) in [7, 11) is 3.25. The number of nitrogens with two attached hydrogens (primary N) is 1. The van der Waals surface area contributed by atoms with Gasteiger partial charge in [-0.25, -0.2) is 5.43 Å². The number of nitrogens with one attached hydrogen (secondary N) is 1. The quantitative estimate of drug-likeness (QED) is 0.626. The lowest BCUT2D eigenvalue weighted by molar-refractivity contribution is 0.392. The highest BCUT2D eigenvalue weighted by molar-refractivity contribution is 5.43. The minimum atomic E-state index is -0.173. The lowest BCUT2D eigenvalue weighted by atomic mass is 9.98. The lowest BCUT2D eigenvalue weighted by Gasteiger charge is -2.18. The number of rotatable bonds is 6. The zero-order valence-corrected chi connectivity index (χ0v) is 12.0. The van der Waals surface area contributed by atoms with Crippen molar-refractivity contribution in [2.45, 2.75) is 19.4 Å². The number of ether oxygens (including phenoxy) is 2. The first-order valence-corrected chi connectivity index (χ1v) is 6.48. The average molecular weight is 276 g/mol. The van der Waals surface area contributed by atoms with Gasteiger partial charge in [0.1, 0.15) is 17.3 Å². The standard InChI is InChI=1S/C15H20N2O3/c1-4-14-13(5-6-20-14)15(17-16)10-7-11(18-2)9-12(8-10)19-3/h5-9,15,17H,4,16H2,1-3H3. The molecule has 5 nitrogen and oxygen atoms in total. The number of benzene rings is 1. The van der Waals surface area contributed by atoms with Crippen molar-refractivity contribution in [1.29, 1.82) is 0 Å². The summed E-state index contributed by atoms with van der Waals surface area (Å²) >= 11 is 0. The maximum absolute atomic E-state index is 5.73. The Labute approximate surface area is 118 Å². The molecule has 0 aliphatic heterocycles. The highest BCUT2D eigenvalue weighted by Crippen LogP contribution is 2.31. The molecule has 0 amide bonds. The van der Waals surface area contributed by atoms with Gasteiger partial charge in [-0.2, -0.15) is 0 Å². The monoisotopic (exact) mass is 276 g/mol. The van der Waals surface area contributed by atoms with Crippen LogP contribution in [0, 0.1) is 0 Å². The molecule has 0 radical (unpaired) electrons. The lowest BCUT2D eigenvalue weighted by Crippen LogP contribution is -2.29. The molecule has 108 valence electrons. The van der Waals surface area contributed by atoms with Crippen LogP contribution in [0.1, 0.15) is 29.9 Å². The van der Waals surface area contributed by atoms with Crippen LogP contribution in [0.2, 0.25) is 0 Å². The molecule has 0 aliphatic rings. The van der Waals surface area contributed by atoms with Crippen molar-refractivity contribution < 1.29 is 13.9 Å². The summed E-state index contributed by atoms with van der Waals surface area (Å²) < 4.78 is 16.1. The van der Waals surface area contributed by atoms with E-state index in [1.807, 2.05) is 31.2 Å². The van der Waals surface area contributed by atoms with E-state index in [0.29, 0.717) is 0 Å². The molecular weight excluding hydrogens is 256 g/mol. The number of hydrogen-bond acceptors (Lipinski definition) is 5. The van der Waals surface area contributed by atoms with Crippen LogP contribution in [0.4, 0.5) is 0 Å². The van der Waals surface area contributed by atoms with Crippen molar-refractivity contribution in [3.05, 3.63) is 47.4 Å². The Hall–Kier alpha value is -1.98. The van der Waals surface area contributed by atoms with Gasteiger partial charge in [-0.3, -0.25) is 5.84 Å². The zero-order chi connectivity index (χ0) is 14.5. The molecule has 0 bridgehead atoms. The Morgan fingerprint density at radius 2 is 1.85 bits per heavy atom. The van der Waals surface area contributed by atoms with Gasteiger partial charge in [0.25, 0.3) is 0 Å². The second kappa shape index (κ2) is 6.45. The number of hydrogen-bond donors (Lipinski definition) is 2. The van der Waals surface area contributed by atoms with Crippen molar-refractivity contribution in [2.24, 2.45) is 5.84 Å². The van der Waals surface area contributed by atoms with Gasteiger partial charge in [-0.05, 0) is 23.8 Å². The maximum Gasteiger partial charge on any atom is 0.122 e. The molecule has 3 N–H and O–H groups in total. The third-order valence-electron chi connectivity index (χ3n) is 3.29. The molecular formula is C15H20N2O3. The largest absolute Gasteiger partial charge is 0.497 e. The molecule has 1 unspecified atom stereocenters. The summed E-state index contributed by atoms with van der Waals surface area (Å²) in [5, 5.41) is 0. The third-order valence-corrected chi connectivity index (χ3v) is 3.29. The topological polar surface area (TPSA) is 69.7 Å². The van der Waals surface area contributed by atoms with E-state index in [1.165, 1.54) is 0 Å². The second-order valence-corrected chi connectivity index (χ2v) is 4.40. The first kappa shape index (κ1) is 14.4. The van der Waals surface area contributed by atoms with Crippen LogP contribution in [0.15, 0.2) is 34.9 Å². The number of aryl methyl sites for hydroxylation is 1. The van der Waals surface area contributed by atoms with Gasteiger partial charge in [0, 0.05) is 18.1 Å². The molecule has 1 aromatic heterocycles. The van der Waals surface area contributed by atoms with Crippen LogP contribution in [0.5, 0.6) is 11.5 Å². The van der Waals surface area contributed by atoms with Crippen molar-refractivity contribution in [3.63, 3.8) is 0 Å². The Bertz CT molecular complexity index is 544. The van der Waals surface area contributed by atoms with Crippen molar-refractivity contribution in [1.82, 2.24) is 5.43 Å². The smallest absolute Gasteiger partial charge is 0.122 e. The van der Waals surface area contributed by atoms with Gasteiger partial charge in [0.05, 0.1) is 26.5 Å². The molecule has 1 atom stereocenters. The van der Waals surface area contributed by atoms with Gasteiger partial charge < -0.3 is 13.9 Å². The van der Waals surface area contributed by atoms with Crippen molar-refractivity contribution in [3.8, 4) is 11.5 Å². The fourth-order valence-corrected chi connectivity index (χ4v) is 2.26. The molecule has 2 rings (SSSR count). The van der Waals surface area contributed by atoms with Crippen LogP contribution in [-0.2, 0) is 6.42 Å². The fourth-order valence-electron chi connectivity index (χ4n) is 2.26. The van der Waals surface area contributed by atoms with Crippen LogP contribution in [0.25, 0.3) is 0 Å². The summed E-state index contributed by atoms with van der Waals surface area (Å²) in [5.74, 6) is 8.09. The molecule has 2 aromatic rings. The SMILES string of the molecule is CCc1occc1C(NN)c1cc(OC)cc(OC)c1. The van der Waals surface area contributed by atoms with Gasteiger partial charge in [-0.15, -0.1) is 0 Å². The van der Waals surface area contributed by atoms with E-state index in [-0.39, 0.29) is 6.04 Å². The van der Waals surface area contributed by atoms with Gasteiger partial charge in [0.2, 0.25) is 0 Å². The van der Waals surface area contributed by atoms with Crippen LogP contribution in [-0.4, -0.2) is 14.2 Å². The van der Waals surface area contributed by atoms with E-state index in [1.54, 1.807) is 20.5 Å². The molecule has 0 spiro atoms. The van der Waals surface area contributed by atoms with Gasteiger partial charge >= 0.3 is 0 Å². The Morgan fingerprint density at radius 1 is 1.20 bits per heavy atom. The first-order chi connectivity index (χ1) is 9.73. The van der Waals surface area contributed by atoms with Crippen molar-refractivity contribution >= 4 is 0 Å². The van der Waals surface area contributed by atoms with Gasteiger partial charge in [-0.1, -0.05) is 6.92 Å². The van der Waals surface area contributed by atoms with E-state index < -0.39 is 0 Å². The average Bonchev–Trinajstić information content (AvgIpc) is 2.96. The third kappa shape index (κ3) is 2.79. The van der Waals surface area contributed by atoms with E-state index >= 15 is 0 Å². The molecule has 20 heavy (non-hydrogen) atoms. The molecule has 0 saturated carbocycles. The highest BCUT2D eigenvalue weighted by atomic mass is 16.5. The summed E-state index contributed by atoms with van der Waals surface area (Å²) in [6, 6.07) is 7.44. The number of furan rings is 1. The Morgan fingerprint density at radius 3 is 2.35 bits per heavy atom. The molecule has 0 saturated heterocycles. The summed E-state index contributed by atoms with van der Waals surface area (Å²) in [4.78, 5) is 0. The first-order valence-electron chi connectivity index (χ1n) is 6.48. The van der Waals surface area contributed by atoms with Crippen LogP contribution >= 0.6 is 0 Å². The Balaban J connectivity index is 2.46. The summed E-state index contributed by atoms with van der Waals surface area (Å²) in [6.07, 6.45) is 2.48. The van der Waals surface area contributed by atoms with E-state index in [2.05, 4.69) is 5.43 Å². The summed E-state index contributed by atoms with van der Waals surface area (Å²) in [6.45, 7) is 2.04. The normalized spacial score (nSPS) is 12.2. The van der Waals surface area contributed by atoms with Crippen LogP contribution < -0.4 is 20.7 Å². The molecule has 1 aromatic carbocycles. The molecule has 1 heterocycles. The minimum absolute atomic E-state index is 0.173. The van der Waals surface area contributed by atoms with Gasteiger partial charge in [0.15, 0.2) is 0 Å². The fraction of sp³-hybridized carbons (Fsp3) is 0.333. The van der Waals surface area contributed by atoms with Crippen LogP contribution in [0.3, 0.4) is 0 Å². The molecule has 0 fully saturated rings. The zero-order valence-electron chi connectivity index (χ0n) is 12.0. The second-order valence-electron chi connectivity index (χ2n) is 4.40. The predicted molar refractivity (Wildman–Crippen MR) is 76.8 cm³/mol. The Kier molecular flexibility index (Phi) is 4.65. The van der Waals surface area contributed by atoms with E-state index in [4.69, 9.17) is 19.7 Å². The maximum atomic E-state index is 5.73. The molecule has 0 aliphatic carbocycles.